The summed E-state index contributed by atoms with van der Waals surface area (Å²) in [7, 11) is 0. The maximum absolute atomic E-state index is 11.8. The highest BCUT2D eigenvalue weighted by atomic mass is 32.1. The molecule has 1 atom stereocenters. The molecule has 0 saturated carbocycles. The van der Waals surface area contributed by atoms with Crippen molar-refractivity contribution in [1.82, 2.24) is 10.3 Å². The molecule has 1 aromatic carbocycles. The van der Waals surface area contributed by atoms with Gasteiger partial charge in [-0.05, 0) is 38.1 Å². The van der Waals surface area contributed by atoms with Gasteiger partial charge < -0.3 is 10.6 Å². The molecule has 2 aromatic rings. The zero-order chi connectivity index (χ0) is 15.2. The maximum Gasteiger partial charge on any atom is 0.325 e. The summed E-state index contributed by atoms with van der Waals surface area (Å²) >= 11 is 1.45. The van der Waals surface area contributed by atoms with E-state index in [4.69, 9.17) is 0 Å². The molecule has 0 aliphatic rings. The van der Waals surface area contributed by atoms with Gasteiger partial charge in [-0.1, -0.05) is 19.1 Å². The van der Waals surface area contributed by atoms with E-state index in [9.17, 15) is 4.79 Å². The van der Waals surface area contributed by atoms with E-state index in [2.05, 4.69) is 34.8 Å². The summed E-state index contributed by atoms with van der Waals surface area (Å²) in [6, 6.07) is 7.84. The number of nitrogens with one attached hydrogen (secondary N) is 3. The van der Waals surface area contributed by atoms with Gasteiger partial charge in [-0.15, -0.1) is 11.3 Å². The predicted molar refractivity (Wildman–Crippen MR) is 88.0 cm³/mol. The van der Waals surface area contributed by atoms with E-state index in [-0.39, 0.29) is 6.03 Å². The lowest BCUT2D eigenvalue weighted by molar-refractivity contribution is 0.262. The summed E-state index contributed by atoms with van der Waals surface area (Å²) in [6.45, 7) is 7.07. The van der Waals surface area contributed by atoms with Crippen molar-refractivity contribution in [3.05, 3.63) is 40.9 Å². The van der Waals surface area contributed by atoms with Crippen molar-refractivity contribution in [3.8, 4) is 0 Å². The van der Waals surface area contributed by atoms with Gasteiger partial charge in [0, 0.05) is 22.8 Å². The molecule has 1 aromatic heterocycles. The molecular formula is C15H20N4OS. The second-order valence-corrected chi connectivity index (χ2v) is 5.99. The van der Waals surface area contributed by atoms with Crippen LogP contribution in [0.4, 0.5) is 15.6 Å². The van der Waals surface area contributed by atoms with Gasteiger partial charge in [-0.2, -0.15) is 0 Å². The molecule has 2 rings (SSSR count). The van der Waals surface area contributed by atoms with Crippen LogP contribution in [0.15, 0.2) is 30.5 Å². The van der Waals surface area contributed by atoms with Crippen molar-refractivity contribution >= 4 is 28.2 Å². The molecule has 21 heavy (non-hydrogen) atoms. The summed E-state index contributed by atoms with van der Waals surface area (Å²) in [5, 5.41) is 9.46. The highest BCUT2D eigenvalue weighted by Crippen LogP contribution is 2.18. The van der Waals surface area contributed by atoms with Crippen molar-refractivity contribution in [2.24, 2.45) is 0 Å². The molecule has 0 spiro atoms. The predicted octanol–water partition coefficient (Wildman–Crippen LogP) is 3.77. The van der Waals surface area contributed by atoms with Crippen molar-refractivity contribution in [3.63, 3.8) is 0 Å². The van der Waals surface area contributed by atoms with Gasteiger partial charge in [-0.3, -0.25) is 5.32 Å². The number of aryl methyl sites for hydroxylation is 1. The molecule has 0 bridgehead atoms. The zero-order valence-electron chi connectivity index (χ0n) is 12.4. The number of anilines is 2. The van der Waals surface area contributed by atoms with Crippen LogP contribution in [-0.2, 0) is 0 Å². The Balaban J connectivity index is 1.92. The minimum absolute atomic E-state index is 0.281. The van der Waals surface area contributed by atoms with Crippen molar-refractivity contribution < 1.29 is 4.79 Å². The molecule has 0 radical (unpaired) electrons. The van der Waals surface area contributed by atoms with Crippen LogP contribution in [0.2, 0.25) is 0 Å². The number of amides is 2. The summed E-state index contributed by atoms with van der Waals surface area (Å²) in [5.74, 6) is 0. The normalized spacial score (nSPS) is 12.0. The molecule has 0 aliphatic carbocycles. The fourth-order valence-electron chi connectivity index (χ4n) is 1.95. The second-order valence-electron chi connectivity index (χ2n) is 4.76. The number of thiazole rings is 1. The standard InChI is InChI=1S/C15H20N4OS/c1-4-16-11(3)12-5-7-13(8-6-12)18-14(20)19-15-17-9-10(2)21-15/h5-9,11,16H,4H2,1-3H3,(H2,17,18,19,20). The van der Waals surface area contributed by atoms with Crippen LogP contribution >= 0.6 is 11.3 Å². The van der Waals surface area contributed by atoms with Gasteiger partial charge in [0.15, 0.2) is 5.13 Å². The van der Waals surface area contributed by atoms with Crippen LogP contribution in [0, 0.1) is 6.92 Å². The first kappa shape index (κ1) is 15.5. The number of aromatic nitrogens is 1. The Hall–Kier alpha value is -1.92. The van der Waals surface area contributed by atoms with Gasteiger partial charge in [0.2, 0.25) is 0 Å². The van der Waals surface area contributed by atoms with Crippen LogP contribution in [0.25, 0.3) is 0 Å². The number of carbonyl (C=O) groups is 1. The first-order valence-electron chi connectivity index (χ1n) is 6.92. The molecule has 5 nitrogen and oxygen atoms in total. The monoisotopic (exact) mass is 304 g/mol. The lowest BCUT2D eigenvalue weighted by Crippen LogP contribution is -2.20. The molecule has 0 fully saturated rings. The van der Waals surface area contributed by atoms with E-state index in [1.165, 1.54) is 16.9 Å². The number of nitrogens with zero attached hydrogens (tertiary/aromatic N) is 1. The van der Waals surface area contributed by atoms with E-state index >= 15 is 0 Å². The lowest BCUT2D eigenvalue weighted by atomic mass is 10.1. The number of rotatable bonds is 5. The molecule has 0 saturated heterocycles. The Bertz CT molecular complexity index is 594. The fourth-order valence-corrected chi connectivity index (χ4v) is 2.61. The second kappa shape index (κ2) is 7.19. The summed E-state index contributed by atoms with van der Waals surface area (Å²) in [6.07, 6.45) is 1.73. The topological polar surface area (TPSA) is 66.0 Å². The molecule has 1 unspecified atom stereocenters. The number of benzene rings is 1. The van der Waals surface area contributed by atoms with Gasteiger partial charge in [0.1, 0.15) is 0 Å². The van der Waals surface area contributed by atoms with Crippen molar-refractivity contribution in [2.75, 3.05) is 17.2 Å². The quantitative estimate of drug-likeness (QED) is 0.788. The van der Waals surface area contributed by atoms with E-state index < -0.39 is 0 Å². The van der Waals surface area contributed by atoms with E-state index in [1.54, 1.807) is 6.20 Å². The van der Waals surface area contributed by atoms with Gasteiger partial charge in [0.25, 0.3) is 0 Å². The van der Waals surface area contributed by atoms with E-state index in [0.29, 0.717) is 11.2 Å². The van der Waals surface area contributed by atoms with Gasteiger partial charge >= 0.3 is 6.03 Å². The SMILES string of the molecule is CCNC(C)c1ccc(NC(=O)Nc2ncc(C)s2)cc1. The highest BCUT2D eigenvalue weighted by molar-refractivity contribution is 7.15. The van der Waals surface area contributed by atoms with E-state index in [1.807, 2.05) is 31.2 Å². The average molecular weight is 304 g/mol. The molecule has 1 heterocycles. The number of hydrogen-bond acceptors (Lipinski definition) is 4. The Morgan fingerprint density at radius 3 is 2.57 bits per heavy atom. The molecule has 0 aliphatic heterocycles. The zero-order valence-corrected chi connectivity index (χ0v) is 13.3. The summed E-state index contributed by atoms with van der Waals surface area (Å²) < 4.78 is 0. The van der Waals surface area contributed by atoms with Crippen LogP contribution < -0.4 is 16.0 Å². The van der Waals surface area contributed by atoms with Crippen LogP contribution in [0.1, 0.15) is 30.3 Å². The highest BCUT2D eigenvalue weighted by Gasteiger charge is 2.07. The smallest absolute Gasteiger partial charge is 0.310 e. The maximum atomic E-state index is 11.8. The van der Waals surface area contributed by atoms with E-state index in [0.717, 1.165) is 17.1 Å². The molecule has 2 amide bonds. The van der Waals surface area contributed by atoms with Crippen molar-refractivity contribution in [1.29, 1.82) is 0 Å². The van der Waals surface area contributed by atoms with Crippen molar-refractivity contribution in [2.45, 2.75) is 26.8 Å². The summed E-state index contributed by atoms with van der Waals surface area (Å²) in [5.41, 5.74) is 1.95. The lowest BCUT2D eigenvalue weighted by Gasteiger charge is -2.13. The first-order valence-corrected chi connectivity index (χ1v) is 7.74. The Labute approximate surface area is 128 Å². The molecule has 3 N–H and O–H groups in total. The largest absolute Gasteiger partial charge is 0.325 e. The minimum atomic E-state index is -0.281. The number of hydrogen-bond donors (Lipinski definition) is 3. The third-order valence-corrected chi connectivity index (χ3v) is 3.85. The molecular weight excluding hydrogens is 284 g/mol. The van der Waals surface area contributed by atoms with Gasteiger partial charge in [-0.25, -0.2) is 9.78 Å². The minimum Gasteiger partial charge on any atom is -0.310 e. The van der Waals surface area contributed by atoms with Crippen LogP contribution in [0.5, 0.6) is 0 Å². The Morgan fingerprint density at radius 1 is 1.29 bits per heavy atom. The molecule has 112 valence electrons. The Morgan fingerprint density at radius 2 is 2.00 bits per heavy atom. The molecule has 6 heteroatoms. The fraction of sp³-hybridized carbons (Fsp3) is 0.333. The average Bonchev–Trinajstić information content (AvgIpc) is 2.85. The van der Waals surface area contributed by atoms with Crippen LogP contribution in [-0.4, -0.2) is 17.6 Å². The van der Waals surface area contributed by atoms with Gasteiger partial charge in [0.05, 0.1) is 0 Å². The first-order chi connectivity index (χ1) is 10.1. The summed E-state index contributed by atoms with van der Waals surface area (Å²) in [4.78, 5) is 17.0. The van der Waals surface area contributed by atoms with Crippen LogP contribution in [0.3, 0.4) is 0 Å². The number of urea groups is 1. The Kier molecular flexibility index (Phi) is 5.30. The number of carbonyl (C=O) groups excluding carboxylic acids is 1. The third kappa shape index (κ3) is 4.54. The third-order valence-electron chi connectivity index (χ3n) is 3.02.